The molecule has 3 aromatic carbocycles. The van der Waals surface area contributed by atoms with Crippen molar-refractivity contribution < 1.29 is 5.11 Å². The molecule has 0 radical (unpaired) electrons. The van der Waals surface area contributed by atoms with Crippen LogP contribution in [-0.2, 0) is 0 Å². The Labute approximate surface area is 123 Å². The fourth-order valence-electron chi connectivity index (χ4n) is 2.32. The quantitative estimate of drug-likeness (QED) is 0.668. The van der Waals surface area contributed by atoms with Gasteiger partial charge in [0.2, 0.25) is 0 Å². The lowest BCUT2D eigenvalue weighted by Gasteiger charge is -2.10. The highest BCUT2D eigenvalue weighted by Gasteiger charge is 2.07. The zero-order valence-corrected chi connectivity index (χ0v) is 11.5. The van der Waals surface area contributed by atoms with E-state index >= 15 is 0 Å². The number of aromatic hydroxyl groups is 1. The minimum absolute atomic E-state index is 0.267. The molecule has 0 saturated heterocycles. The second-order valence-electron chi connectivity index (χ2n) is 4.61. The first-order valence-electron chi connectivity index (χ1n) is 6.38. The Morgan fingerprint density at radius 3 is 1.85 bits per heavy atom. The second kappa shape index (κ2) is 5.40. The third-order valence-electron chi connectivity index (χ3n) is 3.22. The van der Waals surface area contributed by atoms with Crippen molar-refractivity contribution in [3.8, 4) is 28.0 Å². The molecule has 3 aromatic rings. The van der Waals surface area contributed by atoms with Gasteiger partial charge in [-0.1, -0.05) is 60.1 Å². The van der Waals surface area contributed by atoms with Gasteiger partial charge in [-0.05, 0) is 46.5 Å². The van der Waals surface area contributed by atoms with Crippen molar-refractivity contribution in [2.75, 3.05) is 0 Å². The summed E-state index contributed by atoms with van der Waals surface area (Å²) in [7, 11) is 0. The highest BCUT2D eigenvalue weighted by Crippen LogP contribution is 2.34. The Morgan fingerprint density at radius 1 is 0.650 bits per heavy atom. The van der Waals surface area contributed by atoms with Gasteiger partial charge in [0.05, 0.1) is 0 Å². The predicted octanol–water partition coefficient (Wildman–Crippen LogP) is 5.38. The van der Waals surface area contributed by atoms with Gasteiger partial charge < -0.3 is 5.11 Å². The molecule has 2 heteroatoms. The molecule has 0 aliphatic carbocycles. The Bertz CT molecular complexity index is 685. The lowest BCUT2D eigenvalue weighted by molar-refractivity contribution is 0.475. The fourth-order valence-corrected chi connectivity index (χ4v) is 2.51. The largest absolute Gasteiger partial charge is 0.508 e. The van der Waals surface area contributed by atoms with Crippen LogP contribution >= 0.6 is 11.6 Å². The lowest BCUT2D eigenvalue weighted by atomic mass is 9.94. The highest BCUT2D eigenvalue weighted by atomic mass is 35.5. The number of phenols is 1. The van der Waals surface area contributed by atoms with Crippen LogP contribution in [0, 0.1) is 0 Å². The van der Waals surface area contributed by atoms with E-state index in [-0.39, 0.29) is 5.75 Å². The molecule has 0 amide bonds. The van der Waals surface area contributed by atoms with Crippen molar-refractivity contribution in [2.24, 2.45) is 0 Å². The molecule has 0 unspecified atom stereocenters. The maximum absolute atomic E-state index is 9.66. The molecule has 1 nitrogen and oxygen atoms in total. The van der Waals surface area contributed by atoms with Gasteiger partial charge in [0.15, 0.2) is 0 Å². The van der Waals surface area contributed by atoms with Gasteiger partial charge >= 0.3 is 0 Å². The maximum Gasteiger partial charge on any atom is 0.116 e. The minimum atomic E-state index is 0.267. The Morgan fingerprint density at radius 2 is 1.25 bits per heavy atom. The van der Waals surface area contributed by atoms with Crippen molar-refractivity contribution in [3.63, 3.8) is 0 Å². The predicted molar refractivity (Wildman–Crippen MR) is 84.0 cm³/mol. The van der Waals surface area contributed by atoms with Crippen molar-refractivity contribution >= 4 is 11.6 Å². The number of phenolic OH excluding ortho intramolecular Hbond substituents is 1. The molecule has 0 heterocycles. The van der Waals surface area contributed by atoms with Crippen LogP contribution in [0.1, 0.15) is 0 Å². The first-order chi connectivity index (χ1) is 9.74. The SMILES string of the molecule is Oc1cccc(-c2ccccc2-c2cccc(Cl)c2)c1. The van der Waals surface area contributed by atoms with Crippen LogP contribution in [0.5, 0.6) is 5.75 Å². The topological polar surface area (TPSA) is 20.2 Å². The molecule has 0 aromatic heterocycles. The summed E-state index contributed by atoms with van der Waals surface area (Å²) >= 11 is 6.08. The van der Waals surface area contributed by atoms with Crippen molar-refractivity contribution in [1.29, 1.82) is 0 Å². The average molecular weight is 281 g/mol. The number of halogens is 1. The van der Waals surface area contributed by atoms with Crippen molar-refractivity contribution in [1.82, 2.24) is 0 Å². The molecule has 98 valence electrons. The summed E-state index contributed by atoms with van der Waals surface area (Å²) in [6, 6.07) is 23.2. The van der Waals surface area contributed by atoms with Gasteiger partial charge in [-0.2, -0.15) is 0 Å². The zero-order chi connectivity index (χ0) is 13.9. The number of hydrogen-bond acceptors (Lipinski definition) is 1. The van der Waals surface area contributed by atoms with Crippen LogP contribution in [0.3, 0.4) is 0 Å². The molecule has 0 fully saturated rings. The van der Waals surface area contributed by atoms with E-state index in [0.717, 1.165) is 22.3 Å². The number of hydrogen-bond donors (Lipinski definition) is 1. The number of benzene rings is 3. The van der Waals surface area contributed by atoms with Crippen LogP contribution in [0.2, 0.25) is 5.02 Å². The first-order valence-corrected chi connectivity index (χ1v) is 6.76. The van der Waals surface area contributed by atoms with Crippen LogP contribution in [0.15, 0.2) is 72.8 Å². The van der Waals surface area contributed by atoms with Gasteiger partial charge in [0, 0.05) is 5.02 Å². The maximum atomic E-state index is 9.66. The van der Waals surface area contributed by atoms with E-state index in [9.17, 15) is 5.11 Å². The molecule has 0 bridgehead atoms. The summed E-state index contributed by atoms with van der Waals surface area (Å²) in [5, 5.41) is 10.4. The standard InChI is InChI=1S/C18H13ClO/c19-15-7-3-5-13(11-15)17-9-1-2-10-18(17)14-6-4-8-16(20)12-14/h1-12,20H. The molecule has 0 saturated carbocycles. The van der Waals surface area contributed by atoms with Crippen LogP contribution in [-0.4, -0.2) is 5.11 Å². The monoisotopic (exact) mass is 280 g/mol. The molecule has 0 aliphatic heterocycles. The van der Waals surface area contributed by atoms with Crippen LogP contribution in [0.25, 0.3) is 22.3 Å². The third-order valence-corrected chi connectivity index (χ3v) is 3.45. The molecule has 3 rings (SSSR count). The highest BCUT2D eigenvalue weighted by molar-refractivity contribution is 6.30. The molecule has 20 heavy (non-hydrogen) atoms. The van der Waals surface area contributed by atoms with Crippen molar-refractivity contribution in [3.05, 3.63) is 77.8 Å². The van der Waals surface area contributed by atoms with E-state index in [4.69, 9.17) is 11.6 Å². The van der Waals surface area contributed by atoms with E-state index in [2.05, 4.69) is 6.07 Å². The Balaban J connectivity index is 2.18. The molecule has 0 atom stereocenters. The zero-order valence-electron chi connectivity index (χ0n) is 10.8. The summed E-state index contributed by atoms with van der Waals surface area (Å²) in [4.78, 5) is 0. The summed E-state index contributed by atoms with van der Waals surface area (Å²) in [5.74, 6) is 0.267. The molecule has 0 spiro atoms. The molecule has 0 aliphatic rings. The smallest absolute Gasteiger partial charge is 0.116 e. The third kappa shape index (κ3) is 2.54. The van der Waals surface area contributed by atoms with E-state index in [1.807, 2.05) is 54.6 Å². The molecular weight excluding hydrogens is 268 g/mol. The van der Waals surface area contributed by atoms with Gasteiger partial charge in [0.1, 0.15) is 5.75 Å². The summed E-state index contributed by atoms with van der Waals surface area (Å²) in [5.41, 5.74) is 4.23. The van der Waals surface area contributed by atoms with Crippen molar-refractivity contribution in [2.45, 2.75) is 0 Å². The van der Waals surface area contributed by atoms with Gasteiger partial charge in [0.25, 0.3) is 0 Å². The summed E-state index contributed by atoms with van der Waals surface area (Å²) < 4.78 is 0. The normalized spacial score (nSPS) is 10.4. The average Bonchev–Trinajstić information content (AvgIpc) is 2.47. The number of rotatable bonds is 2. The van der Waals surface area contributed by atoms with Gasteiger partial charge in [-0.3, -0.25) is 0 Å². The van der Waals surface area contributed by atoms with Crippen LogP contribution < -0.4 is 0 Å². The Hall–Kier alpha value is -2.25. The fraction of sp³-hybridized carbons (Fsp3) is 0. The molecular formula is C18H13ClO. The van der Waals surface area contributed by atoms with E-state index in [1.165, 1.54) is 0 Å². The minimum Gasteiger partial charge on any atom is -0.508 e. The summed E-state index contributed by atoms with van der Waals surface area (Å²) in [6.07, 6.45) is 0. The second-order valence-corrected chi connectivity index (χ2v) is 5.04. The van der Waals surface area contributed by atoms with Crippen LogP contribution in [0.4, 0.5) is 0 Å². The van der Waals surface area contributed by atoms with Gasteiger partial charge in [-0.15, -0.1) is 0 Å². The first kappa shape index (κ1) is 12.8. The summed E-state index contributed by atoms with van der Waals surface area (Å²) in [6.45, 7) is 0. The lowest BCUT2D eigenvalue weighted by Crippen LogP contribution is -1.84. The van der Waals surface area contributed by atoms with Gasteiger partial charge in [-0.25, -0.2) is 0 Å². The van der Waals surface area contributed by atoms with E-state index in [0.29, 0.717) is 5.02 Å². The van der Waals surface area contributed by atoms with E-state index < -0.39 is 0 Å². The van der Waals surface area contributed by atoms with E-state index in [1.54, 1.807) is 12.1 Å². The molecule has 1 N–H and O–H groups in total. The Kier molecular flexibility index (Phi) is 3.44.